The molecule has 8 nitrogen and oxygen atoms in total. The molecule has 29 heavy (non-hydrogen) atoms. The Labute approximate surface area is 168 Å². The quantitative estimate of drug-likeness (QED) is 0.569. The zero-order valence-corrected chi connectivity index (χ0v) is 16.4. The number of aromatic nitrogens is 6. The topological polar surface area (TPSA) is 90.5 Å². The summed E-state index contributed by atoms with van der Waals surface area (Å²) in [6, 6.07) is 15.0. The first kappa shape index (κ1) is 18.5. The molecule has 4 aromatic rings. The van der Waals surface area contributed by atoms with Gasteiger partial charge in [0.05, 0.1) is 23.6 Å². The molecule has 0 bridgehead atoms. The van der Waals surface area contributed by atoms with Gasteiger partial charge < -0.3 is 5.32 Å². The summed E-state index contributed by atoms with van der Waals surface area (Å²) in [6.07, 6.45) is 3.32. The number of nitrogens with one attached hydrogen (secondary N) is 1. The van der Waals surface area contributed by atoms with Crippen molar-refractivity contribution in [2.75, 3.05) is 0 Å². The molecule has 1 amide bonds. The molecule has 0 aliphatic heterocycles. The van der Waals surface area contributed by atoms with Crippen molar-refractivity contribution in [1.82, 2.24) is 35.3 Å². The SMILES string of the molecule is Cc1ccccc1-n1ncc([C@@H](C)NC(=O)c2ccc(-n3cnnn3)cc2)c1C. The monoisotopic (exact) mass is 387 g/mol. The van der Waals surface area contributed by atoms with E-state index in [0.717, 1.165) is 28.2 Å². The van der Waals surface area contributed by atoms with Crippen molar-refractivity contribution in [3.8, 4) is 11.4 Å². The van der Waals surface area contributed by atoms with Crippen LogP contribution in [0.15, 0.2) is 61.1 Å². The molecule has 0 spiro atoms. The average molecular weight is 387 g/mol. The zero-order chi connectivity index (χ0) is 20.4. The number of carbonyl (C=O) groups is 1. The van der Waals surface area contributed by atoms with Crippen LogP contribution in [-0.2, 0) is 0 Å². The summed E-state index contributed by atoms with van der Waals surface area (Å²) in [7, 11) is 0. The van der Waals surface area contributed by atoms with E-state index in [1.54, 1.807) is 24.3 Å². The van der Waals surface area contributed by atoms with E-state index in [1.165, 1.54) is 11.0 Å². The number of hydrogen-bond donors (Lipinski definition) is 1. The van der Waals surface area contributed by atoms with Crippen LogP contribution in [0.25, 0.3) is 11.4 Å². The Morgan fingerprint density at radius 1 is 1.07 bits per heavy atom. The first-order valence-electron chi connectivity index (χ1n) is 9.29. The highest BCUT2D eigenvalue weighted by Gasteiger charge is 2.18. The summed E-state index contributed by atoms with van der Waals surface area (Å²) in [5.41, 5.74) is 5.51. The highest BCUT2D eigenvalue weighted by molar-refractivity contribution is 5.94. The molecule has 0 aliphatic rings. The molecule has 1 atom stereocenters. The maximum absolute atomic E-state index is 12.7. The van der Waals surface area contributed by atoms with Crippen molar-refractivity contribution < 1.29 is 4.79 Å². The van der Waals surface area contributed by atoms with Gasteiger partial charge in [-0.05, 0) is 67.1 Å². The van der Waals surface area contributed by atoms with Gasteiger partial charge in [0.2, 0.25) is 0 Å². The Kier molecular flexibility index (Phi) is 4.90. The van der Waals surface area contributed by atoms with E-state index < -0.39 is 0 Å². The smallest absolute Gasteiger partial charge is 0.251 e. The van der Waals surface area contributed by atoms with Crippen molar-refractivity contribution in [2.45, 2.75) is 26.8 Å². The molecule has 4 rings (SSSR count). The molecule has 0 saturated carbocycles. The number of aryl methyl sites for hydroxylation is 1. The maximum Gasteiger partial charge on any atom is 0.251 e. The van der Waals surface area contributed by atoms with E-state index in [-0.39, 0.29) is 11.9 Å². The van der Waals surface area contributed by atoms with E-state index in [9.17, 15) is 4.79 Å². The molecule has 8 heteroatoms. The first-order valence-corrected chi connectivity index (χ1v) is 9.29. The first-order chi connectivity index (χ1) is 14.0. The maximum atomic E-state index is 12.7. The minimum atomic E-state index is -0.181. The summed E-state index contributed by atoms with van der Waals surface area (Å²) in [4.78, 5) is 12.7. The standard InChI is InChI=1S/C21H21N7O/c1-14-6-4-5-7-20(14)28-16(3)19(12-23-28)15(2)24-21(29)17-8-10-18(11-9-17)27-13-22-25-26-27/h4-13,15H,1-3H3,(H,24,29)/t15-/m1/s1. The third-order valence-corrected chi connectivity index (χ3v) is 4.95. The fourth-order valence-electron chi connectivity index (χ4n) is 3.29. The molecular formula is C21H21N7O. The van der Waals surface area contributed by atoms with E-state index in [0.29, 0.717) is 5.56 Å². The molecule has 0 saturated heterocycles. The van der Waals surface area contributed by atoms with Crippen LogP contribution in [0.3, 0.4) is 0 Å². The number of carbonyl (C=O) groups excluding carboxylic acids is 1. The zero-order valence-electron chi connectivity index (χ0n) is 16.4. The minimum Gasteiger partial charge on any atom is -0.345 e. The van der Waals surface area contributed by atoms with Gasteiger partial charge in [-0.3, -0.25) is 4.79 Å². The van der Waals surface area contributed by atoms with Crippen LogP contribution < -0.4 is 5.32 Å². The predicted octanol–water partition coefficient (Wildman–Crippen LogP) is 2.96. The van der Waals surface area contributed by atoms with Gasteiger partial charge in [0.15, 0.2) is 0 Å². The Bertz CT molecular complexity index is 1130. The Morgan fingerprint density at radius 3 is 2.52 bits per heavy atom. The summed E-state index contributed by atoms with van der Waals surface area (Å²) < 4.78 is 3.45. The average Bonchev–Trinajstić information content (AvgIpc) is 3.39. The molecule has 0 radical (unpaired) electrons. The van der Waals surface area contributed by atoms with Crippen molar-refractivity contribution >= 4 is 5.91 Å². The number of hydrogen-bond acceptors (Lipinski definition) is 5. The van der Waals surface area contributed by atoms with Gasteiger partial charge in [-0.1, -0.05) is 18.2 Å². The molecule has 0 aliphatic carbocycles. The van der Waals surface area contributed by atoms with E-state index >= 15 is 0 Å². The van der Waals surface area contributed by atoms with Crippen molar-refractivity contribution in [3.63, 3.8) is 0 Å². The van der Waals surface area contributed by atoms with Crippen LogP contribution in [0.1, 0.15) is 40.1 Å². The molecule has 146 valence electrons. The molecule has 0 fully saturated rings. The fraction of sp³-hybridized carbons (Fsp3) is 0.190. The number of amides is 1. The van der Waals surface area contributed by atoms with Crippen molar-refractivity contribution in [3.05, 3.63) is 83.4 Å². The second-order valence-electron chi connectivity index (χ2n) is 6.88. The van der Waals surface area contributed by atoms with E-state index in [1.807, 2.05) is 42.9 Å². The summed E-state index contributed by atoms with van der Waals surface area (Å²) in [5, 5.41) is 18.6. The molecule has 2 aromatic carbocycles. The largest absolute Gasteiger partial charge is 0.345 e. The number of rotatable bonds is 5. The molecular weight excluding hydrogens is 366 g/mol. The normalized spacial score (nSPS) is 12.0. The van der Waals surface area contributed by atoms with Gasteiger partial charge in [0.1, 0.15) is 6.33 Å². The van der Waals surface area contributed by atoms with E-state index in [2.05, 4.69) is 38.9 Å². The third-order valence-electron chi connectivity index (χ3n) is 4.95. The van der Waals surface area contributed by atoms with Crippen LogP contribution in [-0.4, -0.2) is 35.9 Å². The lowest BCUT2D eigenvalue weighted by Crippen LogP contribution is -2.27. The van der Waals surface area contributed by atoms with Gasteiger partial charge in [0.25, 0.3) is 5.91 Å². The summed E-state index contributed by atoms with van der Waals surface area (Å²) in [6.45, 7) is 6.03. The van der Waals surface area contributed by atoms with Crippen molar-refractivity contribution in [2.24, 2.45) is 0 Å². The number of tetrazole rings is 1. The van der Waals surface area contributed by atoms with Gasteiger partial charge in [-0.15, -0.1) is 5.10 Å². The van der Waals surface area contributed by atoms with Crippen LogP contribution in [0, 0.1) is 13.8 Å². The van der Waals surface area contributed by atoms with E-state index in [4.69, 9.17) is 0 Å². The summed E-state index contributed by atoms with van der Waals surface area (Å²) in [5.74, 6) is -0.149. The highest BCUT2D eigenvalue weighted by atomic mass is 16.1. The van der Waals surface area contributed by atoms with Gasteiger partial charge in [0, 0.05) is 16.8 Å². The van der Waals surface area contributed by atoms with Crippen LogP contribution in [0.4, 0.5) is 0 Å². The minimum absolute atomic E-state index is 0.149. The third kappa shape index (κ3) is 3.64. The number of benzene rings is 2. The second kappa shape index (κ2) is 7.67. The summed E-state index contributed by atoms with van der Waals surface area (Å²) >= 11 is 0. The predicted molar refractivity (Wildman–Crippen MR) is 108 cm³/mol. The Hall–Kier alpha value is -3.81. The van der Waals surface area contributed by atoms with Crippen molar-refractivity contribution in [1.29, 1.82) is 0 Å². The number of para-hydroxylation sites is 1. The van der Waals surface area contributed by atoms with Gasteiger partial charge in [-0.25, -0.2) is 9.36 Å². The fourth-order valence-corrected chi connectivity index (χ4v) is 3.29. The Balaban J connectivity index is 1.50. The van der Waals surface area contributed by atoms with Crippen LogP contribution in [0.2, 0.25) is 0 Å². The molecule has 0 unspecified atom stereocenters. The van der Waals surface area contributed by atoms with Gasteiger partial charge in [-0.2, -0.15) is 5.10 Å². The molecule has 2 aromatic heterocycles. The molecule has 1 N–H and O–H groups in total. The lowest BCUT2D eigenvalue weighted by Gasteiger charge is -2.15. The van der Waals surface area contributed by atoms with Gasteiger partial charge >= 0.3 is 0 Å². The highest BCUT2D eigenvalue weighted by Crippen LogP contribution is 2.22. The molecule has 2 heterocycles. The van der Waals surface area contributed by atoms with Crippen LogP contribution >= 0.6 is 0 Å². The van der Waals surface area contributed by atoms with Crippen LogP contribution in [0.5, 0.6) is 0 Å². The lowest BCUT2D eigenvalue weighted by molar-refractivity contribution is 0.0940. The second-order valence-corrected chi connectivity index (χ2v) is 6.88. The lowest BCUT2D eigenvalue weighted by atomic mass is 10.1. The Morgan fingerprint density at radius 2 is 1.83 bits per heavy atom. The number of nitrogens with zero attached hydrogens (tertiary/aromatic N) is 6.